The maximum atomic E-state index is 12.2. The molecule has 1 atom stereocenters. The SMILES string of the molecule is CCC(C(N)=S)S(=O)(=O)Nc1cccc(CCCO)c1. The molecule has 0 saturated heterocycles. The van der Waals surface area contributed by atoms with Crippen molar-refractivity contribution < 1.29 is 13.5 Å². The van der Waals surface area contributed by atoms with Gasteiger partial charge in [-0.3, -0.25) is 4.72 Å². The molecule has 0 aliphatic heterocycles. The van der Waals surface area contributed by atoms with Crippen LogP contribution < -0.4 is 10.5 Å². The molecule has 7 heteroatoms. The van der Waals surface area contributed by atoms with E-state index in [-0.39, 0.29) is 11.6 Å². The average Bonchev–Trinajstić information content (AvgIpc) is 2.36. The summed E-state index contributed by atoms with van der Waals surface area (Å²) in [5.41, 5.74) is 6.91. The standard InChI is InChI=1S/C13H20N2O3S2/c1-2-12(13(14)19)20(17,18)15-11-7-3-5-10(9-11)6-4-8-16/h3,5,7,9,12,15-16H,2,4,6,8H2,1H3,(H2,14,19). The maximum absolute atomic E-state index is 12.2. The van der Waals surface area contributed by atoms with Gasteiger partial charge < -0.3 is 10.8 Å². The minimum Gasteiger partial charge on any atom is -0.396 e. The molecule has 112 valence electrons. The van der Waals surface area contributed by atoms with E-state index in [0.29, 0.717) is 24.9 Å². The second kappa shape index (κ2) is 7.56. The van der Waals surface area contributed by atoms with Crippen molar-refractivity contribution in [2.45, 2.75) is 31.4 Å². The molecule has 0 aliphatic carbocycles. The Morgan fingerprint density at radius 2 is 2.20 bits per heavy atom. The second-order valence-electron chi connectivity index (χ2n) is 4.47. The Bertz CT molecular complexity index is 558. The zero-order valence-electron chi connectivity index (χ0n) is 11.4. The number of thiocarbonyl (C=S) groups is 1. The first-order chi connectivity index (χ1) is 9.40. The Morgan fingerprint density at radius 3 is 2.75 bits per heavy atom. The van der Waals surface area contributed by atoms with Crippen molar-refractivity contribution >= 4 is 32.9 Å². The number of nitrogens with one attached hydrogen (secondary N) is 1. The van der Waals surface area contributed by atoms with Gasteiger partial charge in [-0.1, -0.05) is 31.3 Å². The van der Waals surface area contributed by atoms with Gasteiger partial charge in [0.25, 0.3) is 0 Å². The average molecular weight is 316 g/mol. The summed E-state index contributed by atoms with van der Waals surface area (Å²) in [6.07, 6.45) is 1.66. The summed E-state index contributed by atoms with van der Waals surface area (Å²) >= 11 is 4.79. The molecule has 0 heterocycles. The van der Waals surface area contributed by atoms with E-state index in [4.69, 9.17) is 23.1 Å². The van der Waals surface area contributed by atoms with Gasteiger partial charge in [0, 0.05) is 12.3 Å². The summed E-state index contributed by atoms with van der Waals surface area (Å²) in [5.74, 6) is 0. The highest BCUT2D eigenvalue weighted by atomic mass is 32.2. The van der Waals surface area contributed by atoms with Gasteiger partial charge in [-0.05, 0) is 37.0 Å². The van der Waals surface area contributed by atoms with Crippen molar-refractivity contribution in [2.24, 2.45) is 5.73 Å². The number of aliphatic hydroxyl groups is 1. The molecule has 1 aromatic rings. The summed E-state index contributed by atoms with van der Waals surface area (Å²) in [6.45, 7) is 1.83. The van der Waals surface area contributed by atoms with E-state index >= 15 is 0 Å². The number of benzene rings is 1. The van der Waals surface area contributed by atoms with Crippen LogP contribution in [0.2, 0.25) is 0 Å². The van der Waals surface area contributed by atoms with Gasteiger partial charge in [-0.15, -0.1) is 0 Å². The molecular formula is C13H20N2O3S2. The smallest absolute Gasteiger partial charge is 0.242 e. The normalized spacial score (nSPS) is 12.9. The number of hydrogen-bond acceptors (Lipinski definition) is 4. The zero-order chi connectivity index (χ0) is 15.2. The fourth-order valence-corrected chi connectivity index (χ4v) is 3.77. The lowest BCUT2D eigenvalue weighted by Crippen LogP contribution is -2.37. The van der Waals surface area contributed by atoms with E-state index in [0.717, 1.165) is 5.56 Å². The molecule has 0 fully saturated rings. The predicted molar refractivity (Wildman–Crippen MR) is 85.3 cm³/mol. The number of sulfonamides is 1. The van der Waals surface area contributed by atoms with Crippen LogP contribution in [0.1, 0.15) is 25.3 Å². The Morgan fingerprint density at radius 1 is 1.50 bits per heavy atom. The Labute approximate surface area is 125 Å². The molecule has 0 bridgehead atoms. The summed E-state index contributed by atoms with van der Waals surface area (Å²) in [5, 5.41) is 7.93. The van der Waals surface area contributed by atoms with E-state index in [9.17, 15) is 8.42 Å². The largest absolute Gasteiger partial charge is 0.396 e. The molecule has 0 spiro atoms. The maximum Gasteiger partial charge on any atom is 0.242 e. The van der Waals surface area contributed by atoms with E-state index in [2.05, 4.69) is 4.72 Å². The quantitative estimate of drug-likeness (QED) is 0.631. The van der Waals surface area contributed by atoms with E-state index in [1.807, 2.05) is 6.07 Å². The minimum absolute atomic E-state index is 0.0311. The first kappa shape index (κ1) is 16.9. The molecule has 0 aliphatic rings. The summed E-state index contributed by atoms with van der Waals surface area (Å²) in [4.78, 5) is -0.0311. The van der Waals surface area contributed by atoms with Crippen LogP contribution in [0, 0.1) is 0 Å². The van der Waals surface area contributed by atoms with Crippen molar-refractivity contribution in [3.8, 4) is 0 Å². The topological polar surface area (TPSA) is 92.4 Å². The van der Waals surface area contributed by atoms with Crippen molar-refractivity contribution in [1.82, 2.24) is 0 Å². The number of nitrogens with two attached hydrogens (primary N) is 1. The van der Waals surface area contributed by atoms with Crippen LogP contribution in [0.3, 0.4) is 0 Å². The van der Waals surface area contributed by atoms with Gasteiger partial charge in [-0.2, -0.15) is 0 Å². The summed E-state index contributed by atoms with van der Waals surface area (Å²) in [7, 11) is -3.63. The molecule has 0 radical (unpaired) electrons. The Hall–Kier alpha value is -1.18. The van der Waals surface area contributed by atoms with Crippen LogP contribution in [0.15, 0.2) is 24.3 Å². The van der Waals surface area contributed by atoms with Crippen molar-refractivity contribution in [1.29, 1.82) is 0 Å². The lowest BCUT2D eigenvalue weighted by Gasteiger charge is -2.16. The second-order valence-corrected chi connectivity index (χ2v) is 6.81. The van der Waals surface area contributed by atoms with Crippen LogP contribution in [-0.4, -0.2) is 30.4 Å². The van der Waals surface area contributed by atoms with Crippen molar-refractivity contribution in [2.75, 3.05) is 11.3 Å². The molecule has 1 unspecified atom stereocenters. The van der Waals surface area contributed by atoms with Crippen LogP contribution in [-0.2, 0) is 16.4 Å². The van der Waals surface area contributed by atoms with Gasteiger partial charge in [0.1, 0.15) is 5.25 Å². The number of aliphatic hydroxyl groups excluding tert-OH is 1. The van der Waals surface area contributed by atoms with Crippen LogP contribution in [0.4, 0.5) is 5.69 Å². The number of hydrogen-bond donors (Lipinski definition) is 3. The van der Waals surface area contributed by atoms with Crippen LogP contribution in [0.25, 0.3) is 0 Å². The lowest BCUT2D eigenvalue weighted by molar-refractivity contribution is 0.288. The highest BCUT2D eigenvalue weighted by molar-refractivity contribution is 7.95. The monoisotopic (exact) mass is 316 g/mol. The number of anilines is 1. The molecule has 4 N–H and O–H groups in total. The molecule has 5 nitrogen and oxygen atoms in total. The third kappa shape index (κ3) is 4.73. The molecule has 1 rings (SSSR count). The molecule has 1 aromatic carbocycles. The number of rotatable bonds is 8. The van der Waals surface area contributed by atoms with Crippen LogP contribution >= 0.6 is 12.2 Å². The molecule has 0 aromatic heterocycles. The van der Waals surface area contributed by atoms with E-state index in [1.54, 1.807) is 25.1 Å². The van der Waals surface area contributed by atoms with Gasteiger partial charge in [0.15, 0.2) is 0 Å². The lowest BCUT2D eigenvalue weighted by atomic mass is 10.1. The number of aryl methyl sites for hydroxylation is 1. The van der Waals surface area contributed by atoms with Gasteiger partial charge >= 0.3 is 0 Å². The van der Waals surface area contributed by atoms with E-state index < -0.39 is 15.3 Å². The third-order valence-electron chi connectivity index (χ3n) is 2.87. The summed E-state index contributed by atoms with van der Waals surface area (Å²) < 4.78 is 26.9. The fourth-order valence-electron chi connectivity index (χ4n) is 1.88. The Kier molecular flexibility index (Phi) is 6.38. The molecule has 20 heavy (non-hydrogen) atoms. The highest BCUT2D eigenvalue weighted by Crippen LogP contribution is 2.17. The Balaban J connectivity index is 2.89. The van der Waals surface area contributed by atoms with E-state index in [1.165, 1.54) is 0 Å². The van der Waals surface area contributed by atoms with Crippen molar-refractivity contribution in [3.05, 3.63) is 29.8 Å². The predicted octanol–water partition coefficient (Wildman–Crippen LogP) is 1.42. The van der Waals surface area contributed by atoms with Crippen molar-refractivity contribution in [3.63, 3.8) is 0 Å². The zero-order valence-corrected chi connectivity index (χ0v) is 13.0. The van der Waals surface area contributed by atoms with Gasteiger partial charge in [0.2, 0.25) is 10.0 Å². The molecular weight excluding hydrogens is 296 g/mol. The first-order valence-corrected chi connectivity index (χ1v) is 8.37. The third-order valence-corrected chi connectivity index (χ3v) is 5.16. The first-order valence-electron chi connectivity index (χ1n) is 6.41. The summed E-state index contributed by atoms with van der Waals surface area (Å²) in [6, 6.07) is 7.08. The fraction of sp³-hybridized carbons (Fsp3) is 0.462. The highest BCUT2D eigenvalue weighted by Gasteiger charge is 2.26. The van der Waals surface area contributed by atoms with Gasteiger partial charge in [0.05, 0.1) is 4.99 Å². The van der Waals surface area contributed by atoms with Crippen LogP contribution in [0.5, 0.6) is 0 Å². The van der Waals surface area contributed by atoms with Gasteiger partial charge in [-0.25, -0.2) is 8.42 Å². The minimum atomic E-state index is -3.63. The molecule has 0 amide bonds. The molecule has 0 saturated carbocycles.